The molecule has 2 aliphatic rings. The van der Waals surface area contributed by atoms with Gasteiger partial charge in [-0.3, -0.25) is 0 Å². The largest absolute Gasteiger partial charge is 0.508 e. The Bertz CT molecular complexity index is 812. The van der Waals surface area contributed by atoms with Crippen LogP contribution < -0.4 is 0 Å². The van der Waals surface area contributed by atoms with Gasteiger partial charge in [0.15, 0.2) is 0 Å². The maximum Gasteiger partial charge on any atom is 0.115 e. The van der Waals surface area contributed by atoms with E-state index in [-0.39, 0.29) is 11.2 Å². The lowest BCUT2D eigenvalue weighted by atomic mass is 9.55. The minimum Gasteiger partial charge on any atom is -0.508 e. The lowest BCUT2D eigenvalue weighted by Gasteiger charge is -2.49. The predicted molar refractivity (Wildman–Crippen MR) is 95.4 cm³/mol. The molecule has 4 rings (SSSR count). The first kappa shape index (κ1) is 16.0. The smallest absolute Gasteiger partial charge is 0.115 e. The van der Waals surface area contributed by atoms with E-state index in [1.54, 1.807) is 18.2 Å². The number of hydrogen-bond donors (Lipinski definition) is 2. The van der Waals surface area contributed by atoms with Gasteiger partial charge in [0.05, 0.1) is 5.71 Å². The Morgan fingerprint density at radius 1 is 1.04 bits per heavy atom. The van der Waals surface area contributed by atoms with Crippen LogP contribution in [0.25, 0.3) is 0 Å². The third-order valence-electron chi connectivity index (χ3n) is 6.10. The summed E-state index contributed by atoms with van der Waals surface area (Å²) in [5.41, 5.74) is 4.46. The molecule has 1 fully saturated rings. The van der Waals surface area contributed by atoms with Gasteiger partial charge in [0.1, 0.15) is 11.5 Å². The number of aromatic hydroxyl groups is 2. The molecule has 2 N–H and O–H groups in total. The molecular weight excluding hydrogens is 314 g/mol. The number of phenolic OH excluding ortho intramolecular Hbond substituents is 2. The number of benzene rings is 2. The van der Waals surface area contributed by atoms with Crippen molar-refractivity contribution in [2.45, 2.75) is 43.9 Å². The van der Waals surface area contributed by atoms with E-state index in [0.29, 0.717) is 11.7 Å². The van der Waals surface area contributed by atoms with Crippen molar-refractivity contribution in [3.63, 3.8) is 0 Å². The minimum absolute atomic E-state index is 0.0353. The van der Waals surface area contributed by atoms with E-state index >= 15 is 0 Å². The quantitative estimate of drug-likeness (QED) is 0.810. The standard InChI is InChI=1S/C21H22NO3/c23-18-5-1-14(2-6-18)13-21-10-9-17(22-25)12-16(21)4-3-15-11-19(24)7-8-20(15)21/h1-2,5-8,11,16,23-24H,3-4,9-10,12-13H2. The molecule has 129 valence electrons. The third kappa shape index (κ3) is 2.76. The van der Waals surface area contributed by atoms with E-state index < -0.39 is 0 Å². The van der Waals surface area contributed by atoms with Crippen molar-refractivity contribution in [3.8, 4) is 11.5 Å². The van der Waals surface area contributed by atoms with Gasteiger partial charge >= 0.3 is 0 Å². The highest BCUT2D eigenvalue weighted by Gasteiger charge is 2.47. The second-order valence-electron chi connectivity index (χ2n) is 7.44. The summed E-state index contributed by atoms with van der Waals surface area (Å²) >= 11 is 0. The van der Waals surface area contributed by atoms with Crippen molar-refractivity contribution < 1.29 is 15.4 Å². The van der Waals surface area contributed by atoms with Gasteiger partial charge in [0, 0.05) is 5.41 Å². The first-order chi connectivity index (χ1) is 12.1. The SMILES string of the molecule is [O]N=C1CCC2(Cc3ccc(O)cc3)c3ccc(O)cc3CCC2C1. The van der Waals surface area contributed by atoms with E-state index in [4.69, 9.17) is 0 Å². The van der Waals surface area contributed by atoms with Gasteiger partial charge in [-0.1, -0.05) is 18.2 Å². The average molecular weight is 336 g/mol. The summed E-state index contributed by atoms with van der Waals surface area (Å²) in [6.07, 6.45) is 5.21. The summed E-state index contributed by atoms with van der Waals surface area (Å²) in [5.74, 6) is 0.977. The van der Waals surface area contributed by atoms with Crippen LogP contribution in [0, 0.1) is 5.92 Å². The first-order valence-electron chi connectivity index (χ1n) is 8.89. The summed E-state index contributed by atoms with van der Waals surface area (Å²) in [4.78, 5) is 0. The van der Waals surface area contributed by atoms with E-state index in [9.17, 15) is 15.4 Å². The topological polar surface area (TPSA) is 72.7 Å². The number of fused-ring (bicyclic) bond motifs is 3. The molecule has 0 saturated heterocycles. The number of rotatable bonds is 2. The van der Waals surface area contributed by atoms with Crippen molar-refractivity contribution >= 4 is 5.71 Å². The van der Waals surface area contributed by atoms with Crippen LogP contribution in [0.2, 0.25) is 0 Å². The van der Waals surface area contributed by atoms with Gasteiger partial charge < -0.3 is 10.2 Å². The minimum atomic E-state index is -0.0353. The van der Waals surface area contributed by atoms with Gasteiger partial charge in [0.2, 0.25) is 0 Å². The summed E-state index contributed by atoms with van der Waals surface area (Å²) in [6, 6.07) is 13.2. The summed E-state index contributed by atoms with van der Waals surface area (Å²) in [7, 11) is 0. The van der Waals surface area contributed by atoms with Gasteiger partial charge in [0.25, 0.3) is 0 Å². The Labute approximate surface area is 147 Å². The Balaban J connectivity index is 1.79. The lowest BCUT2D eigenvalue weighted by molar-refractivity contribution is 0.181. The highest BCUT2D eigenvalue weighted by Crippen LogP contribution is 2.51. The van der Waals surface area contributed by atoms with Crippen LogP contribution in [0.15, 0.2) is 47.6 Å². The lowest BCUT2D eigenvalue weighted by Crippen LogP contribution is -2.45. The van der Waals surface area contributed by atoms with Crippen molar-refractivity contribution in [1.29, 1.82) is 0 Å². The third-order valence-corrected chi connectivity index (χ3v) is 6.10. The second-order valence-corrected chi connectivity index (χ2v) is 7.44. The molecule has 4 nitrogen and oxygen atoms in total. The molecule has 0 heterocycles. The Hall–Kier alpha value is -2.49. The molecule has 0 aliphatic heterocycles. The van der Waals surface area contributed by atoms with Crippen molar-refractivity contribution in [2.75, 3.05) is 0 Å². The van der Waals surface area contributed by atoms with Crippen LogP contribution >= 0.6 is 0 Å². The van der Waals surface area contributed by atoms with E-state index in [0.717, 1.165) is 44.2 Å². The molecule has 0 spiro atoms. The zero-order valence-electron chi connectivity index (χ0n) is 14.1. The molecule has 4 heteroatoms. The fourth-order valence-electron chi connectivity index (χ4n) is 4.88. The number of phenols is 2. The molecule has 2 aromatic rings. The molecule has 2 aromatic carbocycles. The predicted octanol–water partition coefficient (Wildman–Crippen LogP) is 4.11. The highest BCUT2D eigenvalue weighted by atomic mass is 16.4. The highest BCUT2D eigenvalue weighted by molar-refractivity contribution is 5.85. The molecule has 0 aromatic heterocycles. The maximum atomic E-state index is 11.1. The van der Waals surface area contributed by atoms with Crippen molar-refractivity contribution in [1.82, 2.24) is 0 Å². The van der Waals surface area contributed by atoms with E-state index in [1.165, 1.54) is 16.7 Å². The van der Waals surface area contributed by atoms with Gasteiger partial charge in [-0.2, -0.15) is 0 Å². The number of nitrogens with zero attached hydrogens (tertiary/aromatic N) is 1. The van der Waals surface area contributed by atoms with E-state index in [2.05, 4.69) is 11.2 Å². The first-order valence-corrected chi connectivity index (χ1v) is 8.89. The van der Waals surface area contributed by atoms with Crippen LogP contribution in [0.5, 0.6) is 11.5 Å². The van der Waals surface area contributed by atoms with Crippen LogP contribution in [0.3, 0.4) is 0 Å². The zero-order valence-corrected chi connectivity index (χ0v) is 14.1. The van der Waals surface area contributed by atoms with Crippen LogP contribution in [-0.2, 0) is 23.5 Å². The van der Waals surface area contributed by atoms with Crippen LogP contribution in [-0.4, -0.2) is 15.9 Å². The molecule has 2 aliphatic carbocycles. The molecule has 2 atom stereocenters. The van der Waals surface area contributed by atoms with Crippen molar-refractivity contribution in [3.05, 3.63) is 59.2 Å². The maximum absolute atomic E-state index is 11.1. The molecule has 0 bridgehead atoms. The van der Waals surface area contributed by atoms with Crippen LogP contribution in [0.4, 0.5) is 0 Å². The Kier molecular flexibility index (Phi) is 3.91. The fourth-order valence-corrected chi connectivity index (χ4v) is 4.88. The summed E-state index contributed by atoms with van der Waals surface area (Å²) < 4.78 is 0. The summed E-state index contributed by atoms with van der Waals surface area (Å²) in [6.45, 7) is 0. The second kappa shape index (κ2) is 6.10. The van der Waals surface area contributed by atoms with E-state index in [1.807, 2.05) is 18.2 Å². The number of aryl methyl sites for hydroxylation is 1. The van der Waals surface area contributed by atoms with Gasteiger partial charge in [-0.05, 0) is 90.6 Å². The average Bonchev–Trinajstić information content (AvgIpc) is 2.63. The monoisotopic (exact) mass is 336 g/mol. The summed E-state index contributed by atoms with van der Waals surface area (Å²) in [5, 5.41) is 33.8. The van der Waals surface area contributed by atoms with Crippen molar-refractivity contribution in [2.24, 2.45) is 11.1 Å². The molecule has 1 radical (unpaired) electrons. The molecular formula is C21H22NO3. The Morgan fingerprint density at radius 3 is 2.56 bits per heavy atom. The van der Waals surface area contributed by atoms with Crippen LogP contribution in [0.1, 0.15) is 42.4 Å². The van der Waals surface area contributed by atoms with Gasteiger partial charge in [-0.25, -0.2) is 0 Å². The zero-order chi connectivity index (χ0) is 17.4. The number of hydrogen-bond acceptors (Lipinski definition) is 3. The normalized spacial score (nSPS) is 26.9. The molecule has 1 saturated carbocycles. The van der Waals surface area contributed by atoms with Gasteiger partial charge in [-0.15, -0.1) is 5.21 Å². The fraction of sp³-hybridized carbons (Fsp3) is 0.381. The molecule has 25 heavy (non-hydrogen) atoms. The molecule has 0 amide bonds. The molecule has 2 unspecified atom stereocenters. The Morgan fingerprint density at radius 2 is 1.80 bits per heavy atom.